The van der Waals surface area contributed by atoms with Gasteiger partial charge in [0.25, 0.3) is 0 Å². The van der Waals surface area contributed by atoms with Crippen LogP contribution in [-0.4, -0.2) is 40.1 Å². The predicted molar refractivity (Wildman–Crippen MR) is 81.6 cm³/mol. The topological polar surface area (TPSA) is 52.6 Å². The third-order valence-electron chi connectivity index (χ3n) is 4.82. The van der Waals surface area contributed by atoms with Crippen LogP contribution in [-0.2, 0) is 11.3 Å². The van der Waals surface area contributed by atoms with Crippen LogP contribution in [0.1, 0.15) is 38.2 Å². The Morgan fingerprint density at radius 2 is 1.90 bits per heavy atom. The van der Waals surface area contributed by atoms with E-state index in [1.807, 2.05) is 0 Å². The molecular formula is C17H24N2O2. The second kappa shape index (κ2) is 6.16. The maximum atomic E-state index is 11.6. The van der Waals surface area contributed by atoms with Crippen LogP contribution < -0.4 is 5.32 Å². The number of amides is 1. The number of piperidine rings is 1. The molecule has 114 valence electrons. The summed E-state index contributed by atoms with van der Waals surface area (Å²) in [6.45, 7) is 2.53. The molecule has 0 aliphatic carbocycles. The van der Waals surface area contributed by atoms with Gasteiger partial charge in [0.1, 0.15) is 6.10 Å². The molecule has 0 aromatic heterocycles. The number of carbonyl (C=O) groups excluding carboxylic acids is 1. The van der Waals surface area contributed by atoms with Crippen molar-refractivity contribution in [3.63, 3.8) is 0 Å². The summed E-state index contributed by atoms with van der Waals surface area (Å²) in [5.74, 6) is -0.240. The number of fused-ring (bicyclic) bond motifs is 2. The summed E-state index contributed by atoms with van der Waals surface area (Å²) >= 11 is 0. The number of nitrogens with zero attached hydrogens (tertiary/aromatic N) is 1. The lowest BCUT2D eigenvalue weighted by molar-refractivity contribution is -0.129. The van der Waals surface area contributed by atoms with Gasteiger partial charge in [0.15, 0.2) is 0 Å². The van der Waals surface area contributed by atoms with Gasteiger partial charge in [-0.05, 0) is 38.2 Å². The van der Waals surface area contributed by atoms with E-state index in [1.54, 1.807) is 0 Å². The highest BCUT2D eigenvalue weighted by molar-refractivity contribution is 5.80. The van der Waals surface area contributed by atoms with Crippen molar-refractivity contribution in [3.8, 4) is 0 Å². The quantitative estimate of drug-likeness (QED) is 0.886. The summed E-state index contributed by atoms with van der Waals surface area (Å²) in [5, 5.41) is 12.3. The summed E-state index contributed by atoms with van der Waals surface area (Å²) < 4.78 is 0. The Hall–Kier alpha value is -1.39. The van der Waals surface area contributed by atoms with E-state index in [0.29, 0.717) is 12.1 Å². The van der Waals surface area contributed by atoms with Gasteiger partial charge in [-0.25, -0.2) is 0 Å². The lowest BCUT2D eigenvalue weighted by atomic mass is 9.96. The summed E-state index contributed by atoms with van der Waals surface area (Å²) in [6.07, 6.45) is 3.53. The van der Waals surface area contributed by atoms with Crippen LogP contribution >= 0.6 is 0 Å². The smallest absolute Gasteiger partial charge is 0.248 e. The van der Waals surface area contributed by atoms with Gasteiger partial charge in [0, 0.05) is 24.7 Å². The molecule has 4 heteroatoms. The molecule has 2 saturated heterocycles. The molecule has 1 amide bonds. The highest BCUT2D eigenvalue weighted by Crippen LogP contribution is 2.36. The SMILES string of the molecule is CC(O)C(=O)NC1CC2CCC(C1)N2Cc1ccccc1. The van der Waals surface area contributed by atoms with Crippen molar-refractivity contribution in [3.05, 3.63) is 35.9 Å². The van der Waals surface area contributed by atoms with Crippen molar-refractivity contribution < 1.29 is 9.90 Å². The van der Waals surface area contributed by atoms with Gasteiger partial charge in [-0.2, -0.15) is 0 Å². The van der Waals surface area contributed by atoms with E-state index in [-0.39, 0.29) is 11.9 Å². The molecule has 0 spiro atoms. The summed E-state index contributed by atoms with van der Waals surface area (Å²) in [6, 6.07) is 11.9. The van der Waals surface area contributed by atoms with Crippen LogP contribution in [0.25, 0.3) is 0 Å². The maximum Gasteiger partial charge on any atom is 0.248 e. The first-order valence-electron chi connectivity index (χ1n) is 7.91. The Morgan fingerprint density at radius 3 is 2.48 bits per heavy atom. The van der Waals surface area contributed by atoms with E-state index in [2.05, 4.69) is 40.5 Å². The van der Waals surface area contributed by atoms with Gasteiger partial charge in [-0.3, -0.25) is 9.69 Å². The minimum absolute atomic E-state index is 0.219. The molecule has 3 atom stereocenters. The summed E-state index contributed by atoms with van der Waals surface area (Å²) in [4.78, 5) is 14.2. The Balaban J connectivity index is 1.61. The molecule has 21 heavy (non-hydrogen) atoms. The summed E-state index contributed by atoms with van der Waals surface area (Å²) in [7, 11) is 0. The van der Waals surface area contributed by atoms with Crippen LogP contribution in [0.4, 0.5) is 0 Å². The molecule has 2 N–H and O–H groups in total. The van der Waals surface area contributed by atoms with Crippen molar-refractivity contribution in [2.45, 2.75) is 63.4 Å². The van der Waals surface area contributed by atoms with Crippen LogP contribution in [0.3, 0.4) is 0 Å². The normalized spacial score (nSPS) is 30.1. The van der Waals surface area contributed by atoms with Gasteiger partial charge in [0.2, 0.25) is 5.91 Å². The molecule has 2 bridgehead atoms. The molecule has 3 unspecified atom stereocenters. The van der Waals surface area contributed by atoms with Crippen LogP contribution in [0.15, 0.2) is 30.3 Å². The third-order valence-corrected chi connectivity index (χ3v) is 4.82. The Morgan fingerprint density at radius 1 is 1.29 bits per heavy atom. The van der Waals surface area contributed by atoms with Gasteiger partial charge in [0.05, 0.1) is 0 Å². The lowest BCUT2D eigenvalue weighted by Crippen LogP contribution is -2.51. The van der Waals surface area contributed by atoms with Crippen molar-refractivity contribution >= 4 is 5.91 Å². The lowest BCUT2D eigenvalue weighted by Gasteiger charge is -2.39. The predicted octanol–water partition coefficient (Wildman–Crippen LogP) is 1.68. The molecule has 2 aliphatic rings. The van der Waals surface area contributed by atoms with Crippen molar-refractivity contribution in [2.24, 2.45) is 0 Å². The molecule has 0 radical (unpaired) electrons. The van der Waals surface area contributed by atoms with E-state index in [1.165, 1.54) is 25.3 Å². The number of benzene rings is 1. The fourth-order valence-corrected chi connectivity index (χ4v) is 3.77. The number of aliphatic hydroxyl groups excluding tert-OH is 1. The molecule has 2 fully saturated rings. The number of hydrogen-bond acceptors (Lipinski definition) is 3. The summed E-state index contributed by atoms with van der Waals surface area (Å²) in [5.41, 5.74) is 1.36. The standard InChI is InChI=1S/C17H24N2O2/c1-12(20)17(21)18-14-9-15-7-8-16(10-14)19(15)11-13-5-3-2-4-6-13/h2-6,12,14-16,20H,7-11H2,1H3,(H,18,21). The average molecular weight is 288 g/mol. The van der Waals surface area contributed by atoms with Crippen LogP contribution in [0, 0.1) is 0 Å². The molecule has 0 saturated carbocycles. The van der Waals surface area contributed by atoms with E-state index in [0.717, 1.165) is 19.4 Å². The minimum Gasteiger partial charge on any atom is -0.384 e. The Kier molecular flexibility index (Phi) is 4.27. The van der Waals surface area contributed by atoms with Gasteiger partial charge >= 0.3 is 0 Å². The number of hydrogen-bond donors (Lipinski definition) is 2. The van der Waals surface area contributed by atoms with Gasteiger partial charge in [-0.1, -0.05) is 30.3 Å². The van der Waals surface area contributed by atoms with Crippen LogP contribution in [0.5, 0.6) is 0 Å². The second-order valence-electron chi connectivity index (χ2n) is 6.40. The Labute approximate surface area is 126 Å². The first-order valence-corrected chi connectivity index (χ1v) is 7.91. The zero-order valence-electron chi connectivity index (χ0n) is 12.5. The van der Waals surface area contributed by atoms with E-state index in [4.69, 9.17) is 0 Å². The molecule has 1 aromatic rings. The molecular weight excluding hydrogens is 264 g/mol. The maximum absolute atomic E-state index is 11.6. The number of rotatable bonds is 4. The molecule has 1 aromatic carbocycles. The fraction of sp³-hybridized carbons (Fsp3) is 0.588. The monoisotopic (exact) mass is 288 g/mol. The fourth-order valence-electron chi connectivity index (χ4n) is 3.77. The molecule has 2 aliphatic heterocycles. The third kappa shape index (κ3) is 3.27. The van der Waals surface area contributed by atoms with Crippen molar-refractivity contribution in [1.29, 1.82) is 0 Å². The second-order valence-corrected chi connectivity index (χ2v) is 6.40. The van der Waals surface area contributed by atoms with Gasteiger partial charge < -0.3 is 10.4 Å². The number of nitrogens with one attached hydrogen (secondary N) is 1. The van der Waals surface area contributed by atoms with Gasteiger partial charge in [-0.15, -0.1) is 0 Å². The number of carbonyl (C=O) groups is 1. The van der Waals surface area contributed by atoms with Crippen molar-refractivity contribution in [1.82, 2.24) is 10.2 Å². The minimum atomic E-state index is -0.912. The zero-order valence-corrected chi connectivity index (χ0v) is 12.5. The van der Waals surface area contributed by atoms with E-state index >= 15 is 0 Å². The Bertz CT molecular complexity index is 475. The average Bonchev–Trinajstić information content (AvgIpc) is 2.71. The number of aliphatic hydroxyl groups is 1. The highest BCUT2D eigenvalue weighted by atomic mass is 16.3. The largest absolute Gasteiger partial charge is 0.384 e. The van der Waals surface area contributed by atoms with Crippen LogP contribution in [0.2, 0.25) is 0 Å². The first-order chi connectivity index (χ1) is 10.1. The molecule has 3 rings (SSSR count). The molecule has 4 nitrogen and oxygen atoms in total. The zero-order chi connectivity index (χ0) is 14.8. The van der Waals surface area contributed by atoms with E-state index in [9.17, 15) is 9.90 Å². The first kappa shape index (κ1) is 14.5. The highest BCUT2D eigenvalue weighted by Gasteiger charge is 2.40. The van der Waals surface area contributed by atoms with Crippen molar-refractivity contribution in [2.75, 3.05) is 0 Å². The van der Waals surface area contributed by atoms with E-state index < -0.39 is 6.10 Å². The molecule has 2 heterocycles.